The first-order chi connectivity index (χ1) is 14.6. The molecular weight excluding hydrogens is 394 g/mol. The van der Waals surface area contributed by atoms with Crippen molar-refractivity contribution in [3.8, 4) is 0 Å². The summed E-state index contributed by atoms with van der Waals surface area (Å²) in [5.74, 6) is 0.855. The zero-order chi connectivity index (χ0) is 20.9. The van der Waals surface area contributed by atoms with E-state index in [0.717, 1.165) is 22.5 Å². The Morgan fingerprint density at radius 3 is 2.83 bits per heavy atom. The second-order valence-corrected chi connectivity index (χ2v) is 9.33. The summed E-state index contributed by atoms with van der Waals surface area (Å²) in [5, 5.41) is 15.3. The molecule has 1 unspecified atom stereocenters. The van der Waals surface area contributed by atoms with Gasteiger partial charge >= 0.3 is 6.09 Å². The molecule has 0 aliphatic heterocycles. The second kappa shape index (κ2) is 9.58. The molecule has 0 radical (unpaired) electrons. The van der Waals surface area contributed by atoms with Crippen molar-refractivity contribution in [2.24, 2.45) is 5.92 Å². The molecule has 2 aromatic heterocycles. The minimum atomic E-state index is -1.00. The van der Waals surface area contributed by atoms with Crippen molar-refractivity contribution in [2.45, 2.75) is 58.0 Å². The van der Waals surface area contributed by atoms with Gasteiger partial charge in [0.25, 0.3) is 0 Å². The van der Waals surface area contributed by atoms with Crippen LogP contribution in [0, 0.1) is 5.92 Å². The highest BCUT2D eigenvalue weighted by molar-refractivity contribution is 7.23. The fourth-order valence-electron chi connectivity index (χ4n) is 4.48. The molecule has 30 heavy (non-hydrogen) atoms. The maximum atomic E-state index is 12.0. The quantitative estimate of drug-likeness (QED) is 0.451. The smallest absolute Gasteiger partial charge is 0.417 e. The van der Waals surface area contributed by atoms with Crippen LogP contribution in [-0.2, 0) is 6.54 Å². The Morgan fingerprint density at radius 1 is 1.27 bits per heavy atom. The van der Waals surface area contributed by atoms with E-state index in [2.05, 4.69) is 35.4 Å². The molecule has 3 aromatic rings. The zero-order valence-electron chi connectivity index (χ0n) is 17.4. The number of nitrogens with one attached hydrogen (secondary N) is 1. The van der Waals surface area contributed by atoms with Crippen molar-refractivity contribution in [3.05, 3.63) is 54.4 Å². The first-order valence-corrected chi connectivity index (χ1v) is 11.6. The van der Waals surface area contributed by atoms with E-state index < -0.39 is 6.09 Å². The van der Waals surface area contributed by atoms with Gasteiger partial charge in [0.15, 0.2) is 0 Å². The fraction of sp³-hybridized carbons (Fsp3) is 0.417. The van der Waals surface area contributed by atoms with Crippen LogP contribution in [0.15, 0.2) is 48.8 Å². The average molecular weight is 424 g/mol. The Labute approximate surface area is 181 Å². The summed E-state index contributed by atoms with van der Waals surface area (Å²) < 4.78 is 1.10. The van der Waals surface area contributed by atoms with Gasteiger partial charge in [-0.3, -0.25) is 4.98 Å². The van der Waals surface area contributed by atoms with Crippen LogP contribution >= 0.6 is 11.3 Å². The van der Waals surface area contributed by atoms with E-state index in [-0.39, 0.29) is 0 Å². The normalized spacial score (nSPS) is 15.9. The van der Waals surface area contributed by atoms with Crippen molar-refractivity contribution in [3.63, 3.8) is 0 Å². The number of anilines is 2. The predicted molar refractivity (Wildman–Crippen MR) is 124 cm³/mol. The molecule has 5 nitrogen and oxygen atoms in total. The number of carboxylic acid groups (broad SMARTS) is 1. The van der Waals surface area contributed by atoms with Gasteiger partial charge in [0.1, 0.15) is 5.00 Å². The van der Waals surface area contributed by atoms with Gasteiger partial charge in [0.05, 0.1) is 11.9 Å². The molecule has 4 rings (SSSR count). The first-order valence-electron chi connectivity index (χ1n) is 10.8. The highest BCUT2D eigenvalue weighted by atomic mass is 32.1. The van der Waals surface area contributed by atoms with Crippen LogP contribution in [0.5, 0.6) is 0 Å². The van der Waals surface area contributed by atoms with Crippen molar-refractivity contribution in [1.82, 2.24) is 10.3 Å². The largest absolute Gasteiger partial charge is 0.464 e. The number of amides is 1. The molecule has 1 aliphatic rings. The summed E-state index contributed by atoms with van der Waals surface area (Å²) in [6, 6.07) is 12.2. The number of hydrogen-bond donors (Lipinski definition) is 2. The number of hydrogen-bond acceptors (Lipinski definition) is 4. The molecule has 0 spiro atoms. The highest BCUT2D eigenvalue weighted by Gasteiger charge is 2.21. The van der Waals surface area contributed by atoms with Crippen LogP contribution < -0.4 is 10.2 Å². The molecule has 158 valence electrons. The summed E-state index contributed by atoms with van der Waals surface area (Å²) in [7, 11) is 0. The number of aromatic nitrogens is 1. The molecule has 2 N–H and O–H groups in total. The maximum Gasteiger partial charge on any atom is 0.417 e. The van der Waals surface area contributed by atoms with Gasteiger partial charge in [-0.05, 0) is 54.5 Å². The van der Waals surface area contributed by atoms with Crippen molar-refractivity contribution < 1.29 is 9.90 Å². The van der Waals surface area contributed by atoms with Gasteiger partial charge in [-0.2, -0.15) is 0 Å². The van der Waals surface area contributed by atoms with Crippen LogP contribution in [0.1, 0.15) is 51.0 Å². The fourth-order valence-corrected chi connectivity index (χ4v) is 5.60. The van der Waals surface area contributed by atoms with E-state index in [0.29, 0.717) is 16.7 Å². The molecule has 0 bridgehead atoms. The molecule has 1 aromatic carbocycles. The lowest BCUT2D eigenvalue weighted by Crippen LogP contribution is -2.28. The number of benzene rings is 1. The third kappa shape index (κ3) is 4.82. The number of carbonyl (C=O) groups is 1. The van der Waals surface area contributed by atoms with Crippen molar-refractivity contribution in [1.29, 1.82) is 0 Å². The van der Waals surface area contributed by atoms with E-state index in [9.17, 15) is 9.90 Å². The van der Waals surface area contributed by atoms with E-state index >= 15 is 0 Å². The predicted octanol–water partition coefficient (Wildman–Crippen LogP) is 6.56. The average Bonchev–Trinajstić information content (AvgIpc) is 3.17. The molecule has 1 amide bonds. The molecule has 1 aliphatic carbocycles. The SMILES string of the molecule is CC(CC1CCCCC1)NCc1cccc2sc(N(C(=O)O)c3cccnc3)cc12. The van der Waals surface area contributed by atoms with Gasteiger partial charge in [-0.25, -0.2) is 9.69 Å². The van der Waals surface area contributed by atoms with Gasteiger partial charge < -0.3 is 10.4 Å². The molecule has 6 heteroatoms. The number of fused-ring (bicyclic) bond motifs is 1. The topological polar surface area (TPSA) is 65.5 Å². The van der Waals surface area contributed by atoms with Gasteiger partial charge in [-0.1, -0.05) is 44.2 Å². The Balaban J connectivity index is 1.51. The number of pyridine rings is 1. The minimum Gasteiger partial charge on any atom is -0.464 e. The summed E-state index contributed by atoms with van der Waals surface area (Å²) in [4.78, 5) is 17.3. The summed E-state index contributed by atoms with van der Waals surface area (Å²) in [6.45, 7) is 3.07. The van der Waals surface area contributed by atoms with Crippen LogP contribution in [0.25, 0.3) is 10.1 Å². The molecule has 1 fully saturated rings. The first kappa shape index (κ1) is 20.8. The van der Waals surface area contributed by atoms with Crippen molar-refractivity contribution >= 4 is 38.2 Å². The number of thiophene rings is 1. The molecule has 0 saturated heterocycles. The van der Waals surface area contributed by atoms with Crippen LogP contribution in [0.2, 0.25) is 0 Å². The molecule has 2 heterocycles. The standard InChI is InChI=1S/C24H29N3O2S/c1-17(13-18-7-3-2-4-8-18)26-15-19-9-5-11-22-21(19)14-23(30-22)27(24(28)29)20-10-6-12-25-16-20/h5-6,9-12,14,16-18,26H,2-4,7-8,13,15H2,1H3,(H,28,29). The van der Waals surface area contributed by atoms with Gasteiger partial charge in [-0.15, -0.1) is 11.3 Å². The monoisotopic (exact) mass is 423 g/mol. The third-order valence-electron chi connectivity index (χ3n) is 6.01. The summed E-state index contributed by atoms with van der Waals surface area (Å²) >= 11 is 1.49. The lowest BCUT2D eigenvalue weighted by molar-refractivity contribution is 0.205. The number of nitrogens with zero attached hydrogens (tertiary/aromatic N) is 2. The lowest BCUT2D eigenvalue weighted by Gasteiger charge is -2.25. The van der Waals surface area contributed by atoms with Gasteiger partial charge in [0, 0.05) is 23.5 Å². The van der Waals surface area contributed by atoms with E-state index in [1.807, 2.05) is 6.07 Å². The molecular formula is C24H29N3O2S. The second-order valence-electron chi connectivity index (χ2n) is 8.26. The van der Waals surface area contributed by atoms with E-state index in [1.165, 1.54) is 60.3 Å². The number of rotatable bonds is 7. The summed E-state index contributed by atoms with van der Waals surface area (Å²) in [6.07, 6.45) is 10.3. The van der Waals surface area contributed by atoms with E-state index in [4.69, 9.17) is 0 Å². The van der Waals surface area contributed by atoms with Crippen molar-refractivity contribution in [2.75, 3.05) is 4.90 Å². The zero-order valence-corrected chi connectivity index (χ0v) is 18.2. The third-order valence-corrected chi connectivity index (χ3v) is 7.09. The maximum absolute atomic E-state index is 12.0. The van der Waals surface area contributed by atoms with Gasteiger partial charge in [0.2, 0.25) is 0 Å². The highest BCUT2D eigenvalue weighted by Crippen LogP contribution is 2.38. The van der Waals surface area contributed by atoms with E-state index in [1.54, 1.807) is 24.5 Å². The Hall–Kier alpha value is -2.44. The Bertz CT molecular complexity index is 983. The van der Waals surface area contributed by atoms with Crippen LogP contribution in [0.3, 0.4) is 0 Å². The minimum absolute atomic E-state index is 0.479. The molecule has 1 saturated carbocycles. The van der Waals surface area contributed by atoms with Crippen LogP contribution in [-0.4, -0.2) is 22.2 Å². The Morgan fingerprint density at radius 2 is 2.10 bits per heavy atom. The summed E-state index contributed by atoms with van der Waals surface area (Å²) in [5.41, 5.74) is 1.76. The van der Waals surface area contributed by atoms with Crippen LogP contribution in [0.4, 0.5) is 15.5 Å². The molecule has 1 atom stereocenters. The lowest BCUT2D eigenvalue weighted by atomic mass is 9.85. The Kier molecular flexibility index (Phi) is 6.65.